The first-order valence-electron chi connectivity index (χ1n) is 13.6. The molecule has 1 aliphatic rings. The summed E-state index contributed by atoms with van der Waals surface area (Å²) in [5.41, 5.74) is 4.15. The van der Waals surface area contributed by atoms with Gasteiger partial charge in [0.25, 0.3) is 5.56 Å². The minimum absolute atomic E-state index is 0.113. The molecule has 43 heavy (non-hydrogen) atoms. The number of halogens is 3. The lowest BCUT2D eigenvalue weighted by Gasteiger charge is -2.23. The highest BCUT2D eigenvalue weighted by Gasteiger charge is 2.31. The van der Waals surface area contributed by atoms with Gasteiger partial charge in [0.15, 0.2) is 5.76 Å². The predicted octanol–water partition coefficient (Wildman–Crippen LogP) is 5.31. The second-order valence-electron chi connectivity index (χ2n) is 10.3. The average Bonchev–Trinajstić information content (AvgIpc) is 3.61. The van der Waals surface area contributed by atoms with Gasteiger partial charge in [-0.15, -0.1) is 11.3 Å². The first-order chi connectivity index (χ1) is 20.7. The zero-order chi connectivity index (χ0) is 30.0. The maximum absolute atomic E-state index is 13.7. The van der Waals surface area contributed by atoms with Crippen molar-refractivity contribution in [3.05, 3.63) is 91.6 Å². The molecule has 1 unspecified atom stereocenters. The number of rotatable bonds is 6. The fourth-order valence-electron chi connectivity index (χ4n) is 5.02. The molecule has 4 aromatic heterocycles. The number of nitrogens with one attached hydrogen (secondary N) is 2. The summed E-state index contributed by atoms with van der Waals surface area (Å²) in [6.07, 6.45) is -0.819. The molecule has 5 heterocycles. The van der Waals surface area contributed by atoms with Gasteiger partial charge >= 0.3 is 6.18 Å². The number of fused-ring (bicyclic) bond motifs is 1. The number of alkyl halides is 3. The lowest BCUT2D eigenvalue weighted by atomic mass is 9.92. The molecule has 9 nitrogen and oxygen atoms in total. The zero-order valence-electron chi connectivity index (χ0n) is 23.0. The van der Waals surface area contributed by atoms with Gasteiger partial charge in [0.1, 0.15) is 17.8 Å². The van der Waals surface area contributed by atoms with Crippen LogP contribution in [0, 0.1) is 18.8 Å². The highest BCUT2D eigenvalue weighted by molar-refractivity contribution is 7.09. The van der Waals surface area contributed by atoms with Gasteiger partial charge in [-0.2, -0.15) is 18.2 Å². The van der Waals surface area contributed by atoms with Gasteiger partial charge in [-0.3, -0.25) is 9.36 Å². The van der Waals surface area contributed by atoms with E-state index in [0.29, 0.717) is 17.0 Å². The van der Waals surface area contributed by atoms with Crippen LogP contribution in [0.5, 0.6) is 0 Å². The third-order valence-corrected chi connectivity index (χ3v) is 8.00. The van der Waals surface area contributed by atoms with Crippen molar-refractivity contribution in [3.8, 4) is 11.8 Å². The summed E-state index contributed by atoms with van der Waals surface area (Å²) >= 11 is 1.43. The average molecular weight is 606 g/mol. The summed E-state index contributed by atoms with van der Waals surface area (Å²) in [6.45, 7) is 3.61. The zero-order valence-corrected chi connectivity index (χ0v) is 23.8. The SMILES string of the molecule is Cc1scnc1C#Cc1cc2cnc(Nc3ccc(C4CCCNC4)cc3)nc2n(Cc2cnoc2CC(F)(F)F)c1=O. The molecule has 0 saturated carbocycles. The van der Waals surface area contributed by atoms with Crippen LogP contribution in [-0.2, 0) is 13.0 Å². The monoisotopic (exact) mass is 605 g/mol. The summed E-state index contributed by atoms with van der Waals surface area (Å²) in [7, 11) is 0. The molecule has 6 rings (SSSR count). The number of nitrogens with zero attached hydrogens (tertiary/aromatic N) is 5. The summed E-state index contributed by atoms with van der Waals surface area (Å²) in [5, 5.41) is 10.6. The van der Waals surface area contributed by atoms with Crippen LogP contribution in [0.15, 0.2) is 57.6 Å². The number of pyridine rings is 1. The molecule has 0 radical (unpaired) electrons. The minimum Gasteiger partial charge on any atom is -0.361 e. The van der Waals surface area contributed by atoms with Gasteiger partial charge in [-0.1, -0.05) is 23.2 Å². The van der Waals surface area contributed by atoms with Crippen molar-refractivity contribution in [2.24, 2.45) is 0 Å². The highest BCUT2D eigenvalue weighted by Crippen LogP contribution is 2.27. The van der Waals surface area contributed by atoms with E-state index in [4.69, 9.17) is 4.52 Å². The molecular formula is C30H26F3N7O2S. The van der Waals surface area contributed by atoms with Gasteiger partial charge < -0.3 is 15.2 Å². The van der Waals surface area contributed by atoms with Crippen molar-refractivity contribution in [3.63, 3.8) is 0 Å². The molecule has 1 aliphatic heterocycles. The molecule has 0 amide bonds. The van der Waals surface area contributed by atoms with Crippen LogP contribution in [0.25, 0.3) is 11.0 Å². The smallest absolute Gasteiger partial charge is 0.361 e. The van der Waals surface area contributed by atoms with Crippen LogP contribution >= 0.6 is 11.3 Å². The van der Waals surface area contributed by atoms with Crippen molar-refractivity contribution in [2.45, 2.75) is 44.8 Å². The molecule has 0 aliphatic carbocycles. The second kappa shape index (κ2) is 12.0. The number of piperidine rings is 1. The number of aryl methyl sites for hydroxylation is 1. The van der Waals surface area contributed by atoms with Crippen molar-refractivity contribution >= 4 is 34.0 Å². The predicted molar refractivity (Wildman–Crippen MR) is 157 cm³/mol. The number of hydrogen-bond donors (Lipinski definition) is 2. The Labute approximate surface area is 248 Å². The fourth-order valence-corrected chi connectivity index (χ4v) is 5.55. The van der Waals surface area contributed by atoms with Gasteiger partial charge in [-0.05, 0) is 61.9 Å². The molecule has 1 aromatic carbocycles. The van der Waals surface area contributed by atoms with Gasteiger partial charge in [0, 0.05) is 34.3 Å². The Morgan fingerprint density at radius 3 is 2.74 bits per heavy atom. The van der Waals surface area contributed by atoms with Gasteiger partial charge in [0.05, 0.1) is 23.8 Å². The third kappa shape index (κ3) is 6.60. The second-order valence-corrected chi connectivity index (χ2v) is 11.3. The first kappa shape index (κ1) is 28.6. The fraction of sp³-hybridized carbons (Fsp3) is 0.300. The summed E-state index contributed by atoms with van der Waals surface area (Å²) < 4.78 is 45.7. The minimum atomic E-state index is -4.51. The molecule has 220 valence electrons. The molecule has 2 N–H and O–H groups in total. The Hall–Kier alpha value is -4.54. The maximum Gasteiger partial charge on any atom is 0.396 e. The normalized spacial score (nSPS) is 15.3. The van der Waals surface area contributed by atoms with E-state index in [0.717, 1.165) is 36.5 Å². The summed E-state index contributed by atoms with van der Waals surface area (Å²) in [5.74, 6) is 6.11. The van der Waals surface area contributed by atoms with E-state index in [2.05, 4.69) is 54.7 Å². The molecule has 0 bridgehead atoms. The van der Waals surface area contributed by atoms with E-state index >= 15 is 0 Å². The molecule has 0 spiro atoms. The van der Waals surface area contributed by atoms with Crippen molar-refractivity contribution < 1.29 is 17.7 Å². The molecule has 1 fully saturated rings. The van der Waals surface area contributed by atoms with E-state index in [1.165, 1.54) is 27.7 Å². The number of benzene rings is 1. The van der Waals surface area contributed by atoms with Crippen LogP contribution in [0.2, 0.25) is 0 Å². The molecule has 5 aromatic rings. The Bertz CT molecular complexity index is 1880. The largest absolute Gasteiger partial charge is 0.396 e. The highest BCUT2D eigenvalue weighted by atomic mass is 32.1. The Balaban J connectivity index is 1.37. The van der Waals surface area contributed by atoms with Gasteiger partial charge in [-0.25, -0.2) is 9.97 Å². The van der Waals surface area contributed by atoms with Crippen LogP contribution in [0.4, 0.5) is 24.8 Å². The van der Waals surface area contributed by atoms with Crippen molar-refractivity contribution in [1.82, 2.24) is 30.0 Å². The Morgan fingerprint density at radius 1 is 1.19 bits per heavy atom. The topological polar surface area (TPSA) is 111 Å². The molecule has 13 heteroatoms. The van der Waals surface area contributed by atoms with Crippen LogP contribution in [0.3, 0.4) is 0 Å². The van der Waals surface area contributed by atoms with E-state index in [1.807, 2.05) is 19.1 Å². The van der Waals surface area contributed by atoms with Crippen LogP contribution in [-0.4, -0.2) is 43.9 Å². The lowest BCUT2D eigenvalue weighted by molar-refractivity contribution is -0.130. The summed E-state index contributed by atoms with van der Waals surface area (Å²) in [4.78, 5) is 27.8. The number of anilines is 2. The van der Waals surface area contributed by atoms with E-state index in [-0.39, 0.29) is 35.0 Å². The maximum atomic E-state index is 13.7. The van der Waals surface area contributed by atoms with E-state index in [1.54, 1.807) is 17.8 Å². The Kier molecular flexibility index (Phi) is 7.96. The van der Waals surface area contributed by atoms with E-state index < -0.39 is 18.2 Å². The van der Waals surface area contributed by atoms with Crippen LogP contribution in [0.1, 0.15) is 51.8 Å². The first-order valence-corrected chi connectivity index (χ1v) is 14.5. The quantitative estimate of drug-likeness (QED) is 0.251. The number of hydrogen-bond acceptors (Lipinski definition) is 9. The van der Waals surface area contributed by atoms with Crippen molar-refractivity contribution in [2.75, 3.05) is 18.4 Å². The standard InChI is InChI=1S/C30H26F3N7O2S/c1-18-25(36-17-43-18)9-6-20-11-22-14-35-29(38-24-7-4-19(5-8-24)21-3-2-10-34-13-21)39-27(22)40(28(20)41)16-23-15-37-42-26(23)12-30(31,32)33/h4-5,7-8,11,14-15,17,21,34H,2-3,10,12-13,16H2,1H3,(H,35,38,39). The Morgan fingerprint density at radius 2 is 2.02 bits per heavy atom. The number of thiazole rings is 1. The summed E-state index contributed by atoms with van der Waals surface area (Å²) in [6, 6.07) is 9.61. The van der Waals surface area contributed by atoms with E-state index in [9.17, 15) is 18.0 Å². The molecule has 1 atom stereocenters. The number of aromatic nitrogens is 5. The molecule has 1 saturated heterocycles. The van der Waals surface area contributed by atoms with Gasteiger partial charge in [0.2, 0.25) is 5.95 Å². The third-order valence-electron chi connectivity index (χ3n) is 7.24. The van der Waals surface area contributed by atoms with Crippen LogP contribution < -0.4 is 16.2 Å². The lowest BCUT2D eigenvalue weighted by Crippen LogP contribution is -2.28. The van der Waals surface area contributed by atoms with Crippen molar-refractivity contribution in [1.29, 1.82) is 0 Å². The molecular weight excluding hydrogens is 579 g/mol.